The van der Waals surface area contributed by atoms with Crippen molar-refractivity contribution in [3.05, 3.63) is 34.9 Å². The Hall–Kier alpha value is -0.610. The maximum absolute atomic E-state index is 5.88. The van der Waals surface area contributed by atoms with Gasteiger partial charge >= 0.3 is 0 Å². The molecule has 0 radical (unpaired) electrons. The van der Waals surface area contributed by atoms with Crippen molar-refractivity contribution in [1.82, 2.24) is 10.2 Å². The van der Waals surface area contributed by atoms with Crippen LogP contribution in [0.5, 0.6) is 0 Å². The highest BCUT2D eigenvalue weighted by atomic mass is 35.5. The van der Waals surface area contributed by atoms with Crippen LogP contribution in [0.1, 0.15) is 12.5 Å². The number of methoxy groups -OCH3 is 1. The lowest BCUT2D eigenvalue weighted by Gasteiger charge is -2.19. The summed E-state index contributed by atoms with van der Waals surface area (Å²) in [5.74, 6) is 0. The van der Waals surface area contributed by atoms with Gasteiger partial charge in [-0.15, -0.1) is 0 Å². The fraction of sp³-hybridized carbons (Fsp3) is 0.600. The topological polar surface area (TPSA) is 24.5 Å². The van der Waals surface area contributed by atoms with Crippen molar-refractivity contribution in [2.45, 2.75) is 19.4 Å². The summed E-state index contributed by atoms with van der Waals surface area (Å²) in [5, 5.41) is 4.33. The van der Waals surface area contributed by atoms with Crippen LogP contribution < -0.4 is 5.32 Å². The Morgan fingerprint density at radius 1 is 1.26 bits per heavy atom. The largest absolute Gasteiger partial charge is 0.383 e. The first-order valence-corrected chi connectivity index (χ1v) is 7.15. The molecule has 0 amide bonds. The molecule has 1 aromatic carbocycles. The molecule has 19 heavy (non-hydrogen) atoms. The van der Waals surface area contributed by atoms with Crippen LogP contribution in [0, 0.1) is 0 Å². The monoisotopic (exact) mass is 284 g/mol. The van der Waals surface area contributed by atoms with Crippen molar-refractivity contribution < 1.29 is 4.74 Å². The molecule has 1 atom stereocenters. The van der Waals surface area contributed by atoms with Gasteiger partial charge in [0.2, 0.25) is 0 Å². The molecule has 0 aliphatic heterocycles. The van der Waals surface area contributed by atoms with Gasteiger partial charge in [0.15, 0.2) is 0 Å². The van der Waals surface area contributed by atoms with Gasteiger partial charge in [0.05, 0.1) is 6.61 Å². The van der Waals surface area contributed by atoms with Crippen molar-refractivity contribution in [2.75, 3.05) is 40.4 Å². The van der Waals surface area contributed by atoms with Crippen molar-refractivity contribution in [3.8, 4) is 0 Å². The Labute approximate surface area is 121 Å². The van der Waals surface area contributed by atoms with Crippen LogP contribution in [-0.2, 0) is 11.2 Å². The van der Waals surface area contributed by atoms with Gasteiger partial charge in [-0.1, -0.05) is 23.7 Å². The normalized spacial score (nSPS) is 12.9. The van der Waals surface area contributed by atoms with Crippen molar-refractivity contribution in [3.63, 3.8) is 0 Å². The molecule has 0 saturated heterocycles. The van der Waals surface area contributed by atoms with Crippen molar-refractivity contribution in [1.29, 1.82) is 0 Å². The molecule has 0 heterocycles. The number of halogens is 1. The number of rotatable bonds is 9. The lowest BCUT2D eigenvalue weighted by atomic mass is 10.1. The molecule has 108 valence electrons. The summed E-state index contributed by atoms with van der Waals surface area (Å²) >= 11 is 5.88. The quantitative estimate of drug-likeness (QED) is 0.754. The van der Waals surface area contributed by atoms with Crippen LogP contribution in [0.15, 0.2) is 24.3 Å². The lowest BCUT2D eigenvalue weighted by Crippen LogP contribution is -2.36. The van der Waals surface area contributed by atoms with Gasteiger partial charge in [0.25, 0.3) is 0 Å². The molecule has 0 aliphatic carbocycles. The predicted octanol–water partition coefficient (Wildman–Crippen LogP) is 2.44. The lowest BCUT2D eigenvalue weighted by molar-refractivity contribution is 0.161. The van der Waals surface area contributed by atoms with E-state index in [1.807, 2.05) is 12.1 Å². The van der Waals surface area contributed by atoms with Gasteiger partial charge in [-0.25, -0.2) is 0 Å². The second kappa shape index (κ2) is 9.32. The number of hydrogen-bond donors (Lipinski definition) is 1. The molecular formula is C15H25ClN2O. The van der Waals surface area contributed by atoms with Crippen LogP contribution in [0.25, 0.3) is 0 Å². The van der Waals surface area contributed by atoms with Gasteiger partial charge in [0, 0.05) is 37.8 Å². The van der Waals surface area contributed by atoms with Gasteiger partial charge in [-0.3, -0.25) is 0 Å². The first-order chi connectivity index (χ1) is 9.11. The second-order valence-corrected chi connectivity index (χ2v) is 5.42. The molecule has 0 bridgehead atoms. The minimum atomic E-state index is 0.469. The molecule has 0 aromatic heterocycles. The van der Waals surface area contributed by atoms with Gasteiger partial charge in [-0.05, 0) is 38.1 Å². The van der Waals surface area contributed by atoms with Crippen LogP contribution >= 0.6 is 11.6 Å². The molecular weight excluding hydrogens is 260 g/mol. The molecule has 0 spiro atoms. The molecule has 1 rings (SSSR count). The van der Waals surface area contributed by atoms with Crippen LogP contribution in [0.2, 0.25) is 5.02 Å². The van der Waals surface area contributed by atoms with E-state index in [4.69, 9.17) is 16.3 Å². The van der Waals surface area contributed by atoms with E-state index in [9.17, 15) is 0 Å². The van der Waals surface area contributed by atoms with E-state index in [1.165, 1.54) is 5.56 Å². The molecule has 0 aliphatic rings. The van der Waals surface area contributed by atoms with Crippen LogP contribution in [0.4, 0.5) is 0 Å². The SMILES string of the molecule is COCCN(C)CCNC(C)Cc1ccc(Cl)cc1. The van der Waals surface area contributed by atoms with Crippen molar-refractivity contribution >= 4 is 11.6 Å². The van der Waals surface area contributed by atoms with E-state index in [0.717, 1.165) is 37.7 Å². The Morgan fingerprint density at radius 2 is 1.95 bits per heavy atom. The Morgan fingerprint density at radius 3 is 2.58 bits per heavy atom. The van der Waals surface area contributed by atoms with E-state index >= 15 is 0 Å². The summed E-state index contributed by atoms with van der Waals surface area (Å²) in [6.07, 6.45) is 1.03. The van der Waals surface area contributed by atoms with Crippen molar-refractivity contribution in [2.24, 2.45) is 0 Å². The zero-order valence-electron chi connectivity index (χ0n) is 12.2. The number of nitrogens with one attached hydrogen (secondary N) is 1. The second-order valence-electron chi connectivity index (χ2n) is 4.98. The number of nitrogens with zero attached hydrogens (tertiary/aromatic N) is 1. The van der Waals surface area contributed by atoms with E-state index in [2.05, 4.69) is 36.3 Å². The van der Waals surface area contributed by atoms with E-state index in [0.29, 0.717) is 6.04 Å². The molecule has 1 N–H and O–H groups in total. The van der Waals surface area contributed by atoms with Crippen LogP contribution in [0.3, 0.4) is 0 Å². The van der Waals surface area contributed by atoms with E-state index in [1.54, 1.807) is 7.11 Å². The fourth-order valence-corrected chi connectivity index (χ4v) is 2.03. The van der Waals surface area contributed by atoms with E-state index in [-0.39, 0.29) is 0 Å². The highest BCUT2D eigenvalue weighted by Gasteiger charge is 2.04. The third-order valence-corrected chi connectivity index (χ3v) is 3.37. The highest BCUT2D eigenvalue weighted by molar-refractivity contribution is 6.30. The molecule has 3 nitrogen and oxygen atoms in total. The maximum Gasteiger partial charge on any atom is 0.0589 e. The Balaban J connectivity index is 2.17. The predicted molar refractivity (Wildman–Crippen MR) is 82.0 cm³/mol. The van der Waals surface area contributed by atoms with Crippen LogP contribution in [-0.4, -0.2) is 51.3 Å². The fourth-order valence-electron chi connectivity index (χ4n) is 1.91. The average molecular weight is 285 g/mol. The van der Waals surface area contributed by atoms with E-state index < -0.39 is 0 Å². The third kappa shape index (κ3) is 7.53. The average Bonchev–Trinajstić information content (AvgIpc) is 2.39. The maximum atomic E-state index is 5.88. The first-order valence-electron chi connectivity index (χ1n) is 6.77. The minimum absolute atomic E-state index is 0.469. The molecule has 0 saturated carbocycles. The standard InChI is InChI=1S/C15H25ClN2O/c1-13(12-14-4-6-15(16)7-5-14)17-8-9-18(2)10-11-19-3/h4-7,13,17H,8-12H2,1-3H3. The molecule has 1 unspecified atom stereocenters. The summed E-state index contributed by atoms with van der Waals surface area (Å²) < 4.78 is 5.06. The number of benzene rings is 1. The Kier molecular flexibility index (Phi) is 8.07. The zero-order valence-corrected chi connectivity index (χ0v) is 12.9. The Bertz CT molecular complexity index is 343. The smallest absolute Gasteiger partial charge is 0.0589 e. The summed E-state index contributed by atoms with van der Waals surface area (Å²) in [6.45, 7) is 6.01. The molecule has 0 fully saturated rings. The number of hydrogen-bond acceptors (Lipinski definition) is 3. The number of ether oxygens (including phenoxy) is 1. The summed E-state index contributed by atoms with van der Waals surface area (Å²) in [5.41, 5.74) is 1.32. The first kappa shape index (κ1) is 16.4. The third-order valence-electron chi connectivity index (χ3n) is 3.12. The van der Waals surface area contributed by atoms with Gasteiger partial charge < -0.3 is 15.0 Å². The number of likely N-dealkylation sites (N-methyl/N-ethyl adjacent to an activating group) is 1. The molecule has 4 heteroatoms. The van der Waals surface area contributed by atoms with Gasteiger partial charge in [0.1, 0.15) is 0 Å². The summed E-state index contributed by atoms with van der Waals surface area (Å²) in [4.78, 5) is 2.27. The molecule has 1 aromatic rings. The summed E-state index contributed by atoms with van der Waals surface area (Å²) in [6, 6.07) is 8.54. The van der Waals surface area contributed by atoms with Gasteiger partial charge in [-0.2, -0.15) is 0 Å². The summed E-state index contributed by atoms with van der Waals surface area (Å²) in [7, 11) is 3.85. The minimum Gasteiger partial charge on any atom is -0.383 e. The zero-order chi connectivity index (χ0) is 14.1. The highest BCUT2D eigenvalue weighted by Crippen LogP contribution is 2.10.